The van der Waals surface area contributed by atoms with Crippen molar-refractivity contribution in [2.45, 2.75) is 89.7 Å². The van der Waals surface area contributed by atoms with E-state index in [1.54, 1.807) is 20.8 Å². The van der Waals surface area contributed by atoms with Crippen LogP contribution in [-0.4, -0.2) is 96.5 Å². The highest BCUT2D eigenvalue weighted by atomic mass is 16.6. The molecule has 2 aliphatic rings. The largest absolute Gasteiger partial charge is 0.492 e. The van der Waals surface area contributed by atoms with E-state index in [2.05, 4.69) is 15.5 Å². The van der Waals surface area contributed by atoms with Gasteiger partial charge in [-0.05, 0) is 82.1 Å². The average molecular weight is 640 g/mol. The number of hydrogen-bond donors (Lipinski definition) is 4. The molecule has 0 unspecified atom stereocenters. The second-order valence-electron chi connectivity index (χ2n) is 13.8. The van der Waals surface area contributed by atoms with E-state index >= 15 is 0 Å². The summed E-state index contributed by atoms with van der Waals surface area (Å²) < 4.78 is 16.9. The Hall–Kier alpha value is -3.18. The third-order valence-electron chi connectivity index (χ3n) is 8.73. The van der Waals surface area contributed by atoms with E-state index in [-0.39, 0.29) is 24.3 Å². The van der Waals surface area contributed by atoms with Crippen LogP contribution in [0.2, 0.25) is 0 Å². The lowest BCUT2D eigenvalue weighted by atomic mass is 9.88. The van der Waals surface area contributed by atoms with E-state index < -0.39 is 35.9 Å². The minimum absolute atomic E-state index is 0.126. The average Bonchev–Trinajstić information content (AvgIpc) is 3.33. The summed E-state index contributed by atoms with van der Waals surface area (Å²) in [6, 6.07) is 16.6. The highest BCUT2D eigenvalue weighted by molar-refractivity contribution is 5.79. The van der Waals surface area contributed by atoms with E-state index in [1.165, 1.54) is 0 Å². The second kappa shape index (κ2) is 17.1. The molecule has 6 atom stereocenters. The molecule has 254 valence electrons. The lowest BCUT2D eigenvalue weighted by Crippen LogP contribution is -2.49. The number of nitrogens with zero attached hydrogens (tertiary/aromatic N) is 1. The Morgan fingerprint density at radius 3 is 2.30 bits per heavy atom. The van der Waals surface area contributed by atoms with E-state index in [9.17, 15) is 19.8 Å². The molecule has 0 bridgehead atoms. The van der Waals surface area contributed by atoms with E-state index in [1.807, 2.05) is 61.5 Å². The van der Waals surface area contributed by atoms with Gasteiger partial charge in [0.15, 0.2) is 0 Å². The molecule has 10 heteroatoms. The predicted molar refractivity (Wildman–Crippen MR) is 177 cm³/mol. The summed E-state index contributed by atoms with van der Waals surface area (Å²) in [4.78, 5) is 28.9. The highest BCUT2D eigenvalue weighted by Gasteiger charge is 2.35. The maximum absolute atomic E-state index is 13.8. The third-order valence-corrected chi connectivity index (χ3v) is 8.73. The zero-order valence-electron chi connectivity index (χ0n) is 27.8. The molecule has 1 aliphatic carbocycles. The number of benzene rings is 2. The van der Waals surface area contributed by atoms with Crippen LogP contribution in [0.1, 0.15) is 58.1 Å². The lowest BCUT2D eigenvalue weighted by molar-refractivity contribution is -0.127. The van der Waals surface area contributed by atoms with Gasteiger partial charge in [0.05, 0.1) is 31.5 Å². The third kappa shape index (κ3) is 11.9. The molecule has 1 aliphatic heterocycles. The minimum atomic E-state index is -1.03. The number of morpholine rings is 1. The molecule has 46 heavy (non-hydrogen) atoms. The summed E-state index contributed by atoms with van der Waals surface area (Å²) in [5.74, 6) is 0.160. The first-order chi connectivity index (χ1) is 21.9. The summed E-state index contributed by atoms with van der Waals surface area (Å²) >= 11 is 0. The molecule has 10 nitrogen and oxygen atoms in total. The minimum Gasteiger partial charge on any atom is -0.492 e. The molecule has 2 aromatic rings. The number of hydrogen-bond acceptors (Lipinski definition) is 8. The fourth-order valence-electron chi connectivity index (χ4n) is 6.19. The van der Waals surface area contributed by atoms with Crippen molar-refractivity contribution in [3.8, 4) is 5.75 Å². The van der Waals surface area contributed by atoms with Gasteiger partial charge in [0.25, 0.3) is 0 Å². The molecule has 2 amide bonds. The van der Waals surface area contributed by atoms with E-state index in [0.29, 0.717) is 32.3 Å². The number of nitrogens with one attached hydrogen (secondary N) is 2. The first-order valence-corrected chi connectivity index (χ1v) is 16.7. The first-order valence-electron chi connectivity index (χ1n) is 16.7. The van der Waals surface area contributed by atoms with Crippen molar-refractivity contribution in [2.24, 2.45) is 11.8 Å². The molecule has 2 fully saturated rings. The first kappa shape index (κ1) is 35.7. The van der Waals surface area contributed by atoms with Crippen molar-refractivity contribution in [2.75, 3.05) is 39.5 Å². The number of alkyl carbamates (subject to hydrolysis) is 1. The van der Waals surface area contributed by atoms with Gasteiger partial charge in [-0.1, -0.05) is 49.4 Å². The molecule has 1 saturated heterocycles. The number of carbonyl (C=O) groups is 2. The lowest BCUT2D eigenvalue weighted by Gasteiger charge is -2.29. The zero-order chi connectivity index (χ0) is 33.1. The van der Waals surface area contributed by atoms with Crippen LogP contribution in [0.15, 0.2) is 54.6 Å². The summed E-state index contributed by atoms with van der Waals surface area (Å²) in [5, 5.41) is 27.8. The normalized spacial score (nSPS) is 22.4. The topological polar surface area (TPSA) is 130 Å². The van der Waals surface area contributed by atoms with Gasteiger partial charge >= 0.3 is 6.09 Å². The van der Waals surface area contributed by atoms with Crippen molar-refractivity contribution in [3.05, 3.63) is 65.7 Å². The second-order valence-corrected chi connectivity index (χ2v) is 13.8. The Bertz CT molecular complexity index is 1210. The van der Waals surface area contributed by atoms with Crippen LogP contribution >= 0.6 is 0 Å². The Kier molecular flexibility index (Phi) is 13.3. The summed E-state index contributed by atoms with van der Waals surface area (Å²) in [6.07, 6.45) is -0.0405. The molecular formula is C36H53N3O7. The molecular weight excluding hydrogens is 586 g/mol. The van der Waals surface area contributed by atoms with Crippen LogP contribution in [0, 0.1) is 11.8 Å². The SMILES string of the molecule is C[C@@H]1C[C@@H](O)C[C@H]1NC(=O)[C@H](Cc1ccc(OCCN2CCOCC2)cc1)C[C@H](O)[C@H](Cc1ccccc1)NC(=O)OC(C)(C)C. The summed E-state index contributed by atoms with van der Waals surface area (Å²) in [5.41, 5.74) is 1.18. The van der Waals surface area contributed by atoms with Crippen molar-refractivity contribution in [1.82, 2.24) is 15.5 Å². The van der Waals surface area contributed by atoms with Crippen molar-refractivity contribution < 1.29 is 34.0 Å². The quantitative estimate of drug-likeness (QED) is 0.246. The smallest absolute Gasteiger partial charge is 0.407 e. The van der Waals surface area contributed by atoms with Crippen LogP contribution in [0.4, 0.5) is 4.79 Å². The van der Waals surface area contributed by atoms with Gasteiger partial charge < -0.3 is 35.1 Å². The van der Waals surface area contributed by atoms with Gasteiger partial charge in [-0.2, -0.15) is 0 Å². The molecule has 1 saturated carbocycles. The standard InChI is InChI=1S/C36H53N3O7/c1-25-20-29(40)24-31(25)37-34(42)28(21-27-10-12-30(13-11-27)45-19-16-39-14-17-44-18-15-39)23-33(41)32(22-26-8-6-5-7-9-26)38-35(43)46-36(2,3)4/h5-13,25,28-29,31-33,40-41H,14-24H2,1-4H3,(H,37,42)(H,38,43)/t25-,28-,29-,31-,32+,33+/m1/s1. The van der Waals surface area contributed by atoms with E-state index in [0.717, 1.165) is 49.7 Å². The number of aliphatic hydroxyl groups excluding tert-OH is 2. The van der Waals surface area contributed by atoms with Crippen LogP contribution in [0.3, 0.4) is 0 Å². The molecule has 0 radical (unpaired) electrons. The van der Waals surface area contributed by atoms with Gasteiger partial charge in [0, 0.05) is 31.6 Å². The van der Waals surface area contributed by atoms with Crippen molar-refractivity contribution >= 4 is 12.0 Å². The van der Waals surface area contributed by atoms with Gasteiger partial charge in [-0.3, -0.25) is 9.69 Å². The summed E-state index contributed by atoms with van der Waals surface area (Å²) in [6.45, 7) is 12.1. The Morgan fingerprint density at radius 1 is 1.00 bits per heavy atom. The number of aliphatic hydroxyl groups is 2. The van der Waals surface area contributed by atoms with Gasteiger partial charge in [0.2, 0.25) is 5.91 Å². The molecule has 0 aromatic heterocycles. The maximum Gasteiger partial charge on any atom is 0.407 e. The van der Waals surface area contributed by atoms with Crippen molar-refractivity contribution in [3.63, 3.8) is 0 Å². The van der Waals surface area contributed by atoms with Crippen molar-refractivity contribution in [1.29, 1.82) is 0 Å². The van der Waals surface area contributed by atoms with Crippen LogP contribution in [-0.2, 0) is 27.1 Å². The molecule has 2 aromatic carbocycles. The monoisotopic (exact) mass is 639 g/mol. The zero-order valence-corrected chi connectivity index (χ0v) is 27.8. The van der Waals surface area contributed by atoms with Crippen LogP contribution in [0.5, 0.6) is 5.75 Å². The molecule has 4 N–H and O–H groups in total. The predicted octanol–water partition coefficient (Wildman–Crippen LogP) is 3.72. The Balaban J connectivity index is 1.45. The Labute approximate surface area is 273 Å². The molecule has 4 rings (SSSR count). The fraction of sp³-hybridized carbons (Fsp3) is 0.611. The molecule has 0 spiro atoms. The number of amides is 2. The fourth-order valence-corrected chi connectivity index (χ4v) is 6.19. The van der Waals surface area contributed by atoms with Crippen LogP contribution < -0.4 is 15.4 Å². The number of carbonyl (C=O) groups excluding carboxylic acids is 2. The Morgan fingerprint density at radius 2 is 1.67 bits per heavy atom. The number of rotatable bonds is 14. The number of ether oxygens (including phenoxy) is 3. The summed E-state index contributed by atoms with van der Waals surface area (Å²) in [7, 11) is 0. The van der Waals surface area contributed by atoms with Gasteiger partial charge in [-0.25, -0.2) is 4.79 Å². The van der Waals surface area contributed by atoms with Gasteiger partial charge in [0.1, 0.15) is 18.0 Å². The maximum atomic E-state index is 13.8. The van der Waals surface area contributed by atoms with E-state index in [4.69, 9.17) is 14.2 Å². The van der Waals surface area contributed by atoms with Crippen LogP contribution in [0.25, 0.3) is 0 Å². The highest BCUT2D eigenvalue weighted by Crippen LogP contribution is 2.27. The van der Waals surface area contributed by atoms with Gasteiger partial charge in [-0.15, -0.1) is 0 Å². The molecule has 1 heterocycles.